The minimum atomic E-state index is 0.185. The molecule has 2 heterocycles. The summed E-state index contributed by atoms with van der Waals surface area (Å²) in [5.74, 6) is 0.481. The van der Waals surface area contributed by atoms with Crippen LogP contribution >= 0.6 is 11.3 Å². The predicted molar refractivity (Wildman–Crippen MR) is 79.7 cm³/mol. The van der Waals surface area contributed by atoms with Crippen molar-refractivity contribution in [1.82, 2.24) is 9.88 Å². The summed E-state index contributed by atoms with van der Waals surface area (Å²) in [6.45, 7) is 8.08. The van der Waals surface area contributed by atoms with Gasteiger partial charge in [0.25, 0.3) is 0 Å². The highest BCUT2D eigenvalue weighted by atomic mass is 32.1. The average molecular weight is 281 g/mol. The van der Waals surface area contributed by atoms with Crippen molar-refractivity contribution in [3.8, 4) is 0 Å². The van der Waals surface area contributed by atoms with Gasteiger partial charge in [0.05, 0.1) is 0 Å². The summed E-state index contributed by atoms with van der Waals surface area (Å²) in [4.78, 5) is 22.1. The van der Waals surface area contributed by atoms with Crippen LogP contribution in [0.4, 0.5) is 5.13 Å². The summed E-state index contributed by atoms with van der Waals surface area (Å²) in [6, 6.07) is 0.284. The molecule has 1 aromatic heterocycles. The van der Waals surface area contributed by atoms with Crippen molar-refractivity contribution < 1.29 is 4.79 Å². The fraction of sp³-hybridized carbons (Fsp3) is 0.714. The van der Waals surface area contributed by atoms with Gasteiger partial charge in [0, 0.05) is 43.2 Å². The fourth-order valence-corrected chi connectivity index (χ4v) is 3.16. The minimum absolute atomic E-state index is 0.185. The smallest absolute Gasteiger partial charge is 0.225 e. The summed E-state index contributed by atoms with van der Waals surface area (Å²) in [5, 5.41) is 1.10. The van der Waals surface area contributed by atoms with E-state index in [1.807, 2.05) is 18.1 Å². The summed E-state index contributed by atoms with van der Waals surface area (Å²) >= 11 is 1.73. The molecule has 0 radical (unpaired) electrons. The van der Waals surface area contributed by atoms with Crippen molar-refractivity contribution in [2.24, 2.45) is 5.92 Å². The molecule has 0 spiro atoms. The summed E-state index contributed by atoms with van der Waals surface area (Å²) in [7, 11) is 1.91. The molecule has 4 nitrogen and oxygen atoms in total. The van der Waals surface area contributed by atoms with E-state index < -0.39 is 0 Å². The van der Waals surface area contributed by atoms with Crippen LogP contribution in [0.25, 0.3) is 0 Å². The van der Waals surface area contributed by atoms with Gasteiger partial charge < -0.3 is 9.80 Å². The molecule has 0 N–H and O–H groups in total. The lowest BCUT2D eigenvalue weighted by Gasteiger charge is -2.34. The quantitative estimate of drug-likeness (QED) is 0.854. The number of aromatic nitrogens is 1. The Hall–Kier alpha value is -1.10. The molecule has 1 fully saturated rings. The van der Waals surface area contributed by atoms with Gasteiger partial charge in [-0.25, -0.2) is 4.98 Å². The number of thiazole rings is 1. The van der Waals surface area contributed by atoms with Gasteiger partial charge in [-0.05, 0) is 33.6 Å². The second-order valence-electron chi connectivity index (χ2n) is 5.56. The molecule has 1 aliphatic rings. The number of amides is 1. The predicted octanol–water partition coefficient (Wildman–Crippen LogP) is 2.53. The van der Waals surface area contributed by atoms with Crippen LogP contribution in [0.5, 0.6) is 0 Å². The Morgan fingerprint density at radius 3 is 2.58 bits per heavy atom. The summed E-state index contributed by atoms with van der Waals surface area (Å²) < 4.78 is 0. The average Bonchev–Trinajstić information content (AvgIpc) is 2.84. The van der Waals surface area contributed by atoms with Gasteiger partial charge in [-0.3, -0.25) is 4.79 Å². The van der Waals surface area contributed by atoms with Crippen molar-refractivity contribution >= 4 is 22.4 Å². The molecule has 0 aliphatic carbocycles. The third kappa shape index (κ3) is 3.26. The number of hydrogen-bond acceptors (Lipinski definition) is 4. The van der Waals surface area contributed by atoms with Crippen molar-refractivity contribution in [2.45, 2.75) is 39.7 Å². The molecule has 1 aromatic rings. The van der Waals surface area contributed by atoms with E-state index in [1.54, 1.807) is 11.3 Å². The summed E-state index contributed by atoms with van der Waals surface area (Å²) in [5.41, 5.74) is 0. The number of aryl methyl sites for hydroxylation is 1. The Bertz CT molecular complexity index is 436. The molecule has 0 aromatic carbocycles. The van der Waals surface area contributed by atoms with Crippen LogP contribution in [-0.2, 0) is 4.79 Å². The molecule has 106 valence electrons. The topological polar surface area (TPSA) is 36.4 Å². The molecule has 1 aliphatic heterocycles. The SMILES string of the molecule is Cc1cnc(N2CCC(C(=O)N(C)C(C)C)CC2)s1. The van der Waals surface area contributed by atoms with Gasteiger partial charge in [0.1, 0.15) is 0 Å². The molecular weight excluding hydrogens is 258 g/mol. The molecule has 1 saturated heterocycles. The van der Waals surface area contributed by atoms with Crippen molar-refractivity contribution in [3.05, 3.63) is 11.1 Å². The van der Waals surface area contributed by atoms with Gasteiger partial charge in [0.2, 0.25) is 5.91 Å². The molecule has 19 heavy (non-hydrogen) atoms. The Balaban J connectivity index is 1.90. The Kier molecular flexibility index (Phi) is 4.45. The first-order valence-electron chi connectivity index (χ1n) is 6.93. The Labute approximate surface area is 119 Å². The van der Waals surface area contributed by atoms with Crippen LogP contribution in [0.3, 0.4) is 0 Å². The second kappa shape index (κ2) is 5.90. The van der Waals surface area contributed by atoms with Crippen LogP contribution < -0.4 is 4.90 Å². The summed E-state index contributed by atoms with van der Waals surface area (Å²) in [6.07, 6.45) is 3.80. The Morgan fingerprint density at radius 2 is 2.11 bits per heavy atom. The second-order valence-corrected chi connectivity index (χ2v) is 6.77. The number of hydrogen-bond donors (Lipinski definition) is 0. The number of piperidine rings is 1. The third-order valence-electron chi connectivity index (χ3n) is 3.85. The van der Waals surface area contributed by atoms with E-state index in [2.05, 4.69) is 30.7 Å². The first-order valence-corrected chi connectivity index (χ1v) is 7.74. The van der Waals surface area contributed by atoms with Crippen LogP contribution in [0.15, 0.2) is 6.20 Å². The molecule has 0 atom stereocenters. The molecule has 1 amide bonds. The molecule has 0 saturated carbocycles. The van der Waals surface area contributed by atoms with Crippen molar-refractivity contribution in [2.75, 3.05) is 25.0 Å². The normalized spacial score (nSPS) is 17.0. The Morgan fingerprint density at radius 1 is 1.47 bits per heavy atom. The number of anilines is 1. The van der Waals surface area contributed by atoms with Crippen LogP contribution in [0, 0.1) is 12.8 Å². The van der Waals surface area contributed by atoms with E-state index in [9.17, 15) is 4.79 Å². The maximum atomic E-state index is 12.3. The monoisotopic (exact) mass is 281 g/mol. The van der Waals surface area contributed by atoms with Gasteiger partial charge >= 0.3 is 0 Å². The standard InChI is InChI=1S/C14H23N3OS/c1-10(2)16(4)13(18)12-5-7-17(8-6-12)14-15-9-11(3)19-14/h9-10,12H,5-8H2,1-4H3. The maximum absolute atomic E-state index is 12.3. The number of carbonyl (C=O) groups is 1. The van der Waals surface area contributed by atoms with E-state index in [4.69, 9.17) is 0 Å². The molecule has 5 heteroatoms. The van der Waals surface area contributed by atoms with E-state index in [0.29, 0.717) is 5.91 Å². The highest BCUT2D eigenvalue weighted by molar-refractivity contribution is 7.15. The maximum Gasteiger partial charge on any atom is 0.225 e. The van der Waals surface area contributed by atoms with E-state index >= 15 is 0 Å². The molecule has 0 unspecified atom stereocenters. The van der Waals surface area contributed by atoms with Crippen LogP contribution in [-0.4, -0.2) is 42.0 Å². The lowest BCUT2D eigenvalue weighted by atomic mass is 9.95. The van der Waals surface area contributed by atoms with Crippen LogP contribution in [0.1, 0.15) is 31.6 Å². The minimum Gasteiger partial charge on any atom is -0.348 e. The van der Waals surface area contributed by atoms with Crippen molar-refractivity contribution in [3.63, 3.8) is 0 Å². The lowest BCUT2D eigenvalue weighted by molar-refractivity contribution is -0.136. The van der Waals surface area contributed by atoms with E-state index in [0.717, 1.165) is 31.1 Å². The van der Waals surface area contributed by atoms with Gasteiger partial charge in [0.15, 0.2) is 5.13 Å². The zero-order chi connectivity index (χ0) is 14.0. The third-order valence-corrected chi connectivity index (χ3v) is 4.82. The van der Waals surface area contributed by atoms with Gasteiger partial charge in [-0.2, -0.15) is 0 Å². The van der Waals surface area contributed by atoms with Crippen LogP contribution in [0.2, 0.25) is 0 Å². The number of carbonyl (C=O) groups excluding carboxylic acids is 1. The number of nitrogens with zero attached hydrogens (tertiary/aromatic N) is 3. The largest absolute Gasteiger partial charge is 0.348 e. The van der Waals surface area contributed by atoms with E-state index in [-0.39, 0.29) is 12.0 Å². The van der Waals surface area contributed by atoms with Gasteiger partial charge in [-0.1, -0.05) is 0 Å². The molecule has 2 rings (SSSR count). The first kappa shape index (κ1) is 14.3. The molecule has 0 bridgehead atoms. The van der Waals surface area contributed by atoms with Gasteiger partial charge in [-0.15, -0.1) is 11.3 Å². The first-order chi connectivity index (χ1) is 8.99. The lowest BCUT2D eigenvalue weighted by Crippen LogP contribution is -2.43. The highest BCUT2D eigenvalue weighted by Crippen LogP contribution is 2.27. The fourth-order valence-electron chi connectivity index (χ4n) is 2.35. The zero-order valence-corrected chi connectivity index (χ0v) is 13.0. The van der Waals surface area contributed by atoms with Crippen molar-refractivity contribution in [1.29, 1.82) is 0 Å². The highest BCUT2D eigenvalue weighted by Gasteiger charge is 2.28. The number of rotatable bonds is 3. The van der Waals surface area contributed by atoms with E-state index in [1.165, 1.54) is 4.88 Å². The molecular formula is C14H23N3OS. The zero-order valence-electron chi connectivity index (χ0n) is 12.2.